The third-order valence-electron chi connectivity index (χ3n) is 8.22. The summed E-state index contributed by atoms with van der Waals surface area (Å²) in [6, 6.07) is 0. The van der Waals surface area contributed by atoms with E-state index in [1.807, 2.05) is 0 Å². The van der Waals surface area contributed by atoms with Crippen LogP contribution in [0.25, 0.3) is 0 Å². The Morgan fingerprint density at radius 2 is 1.95 bits per heavy atom. The van der Waals surface area contributed by atoms with Crippen LogP contribution in [0.4, 0.5) is 4.39 Å². The van der Waals surface area contributed by atoms with Crippen molar-refractivity contribution in [1.29, 1.82) is 0 Å². The van der Waals surface area contributed by atoms with Crippen LogP contribution in [0.1, 0.15) is 65.2 Å². The van der Waals surface area contributed by atoms with Crippen molar-refractivity contribution < 1.29 is 4.39 Å². The largest absolute Gasteiger partial charge is 0.243 e. The van der Waals surface area contributed by atoms with Crippen LogP contribution in [0, 0.1) is 46.8 Å². The lowest BCUT2D eigenvalue weighted by Gasteiger charge is -2.57. The molecule has 0 aromatic heterocycles. The van der Waals surface area contributed by atoms with Gasteiger partial charge in [-0.3, -0.25) is 0 Å². The van der Waals surface area contributed by atoms with Crippen molar-refractivity contribution in [1.82, 2.24) is 0 Å². The van der Waals surface area contributed by atoms with E-state index in [1.54, 1.807) is 0 Å². The minimum atomic E-state index is -0.671. The van der Waals surface area contributed by atoms with Crippen molar-refractivity contribution in [3.8, 4) is 12.3 Å². The molecule has 0 bridgehead atoms. The van der Waals surface area contributed by atoms with Crippen LogP contribution in [0.5, 0.6) is 0 Å². The Morgan fingerprint density at radius 3 is 2.73 bits per heavy atom. The fourth-order valence-electron chi connectivity index (χ4n) is 7.01. The maximum atomic E-state index is 14.5. The first-order valence-electron chi connectivity index (χ1n) is 9.31. The summed E-state index contributed by atoms with van der Waals surface area (Å²) in [5.74, 6) is 5.77. The van der Waals surface area contributed by atoms with Crippen LogP contribution in [0.2, 0.25) is 0 Å². The molecule has 3 fully saturated rings. The molecule has 0 aromatic rings. The van der Waals surface area contributed by atoms with Gasteiger partial charge >= 0.3 is 0 Å². The molecular weight excluding hydrogens is 271 g/mol. The van der Waals surface area contributed by atoms with Crippen molar-refractivity contribution in [3.05, 3.63) is 11.6 Å². The molecule has 120 valence electrons. The second-order valence-corrected chi connectivity index (χ2v) is 8.89. The number of hydrogen-bond donors (Lipinski definition) is 0. The third kappa shape index (κ3) is 1.76. The Kier molecular flexibility index (Phi) is 3.27. The number of hydrogen-bond acceptors (Lipinski definition) is 0. The Hall–Kier alpha value is -0.770. The van der Waals surface area contributed by atoms with E-state index in [0.717, 1.165) is 36.7 Å². The van der Waals surface area contributed by atoms with E-state index in [2.05, 4.69) is 25.8 Å². The van der Waals surface area contributed by atoms with Gasteiger partial charge in [-0.2, -0.15) is 0 Å². The van der Waals surface area contributed by atoms with E-state index >= 15 is 0 Å². The monoisotopic (exact) mass is 300 g/mol. The Bertz CT molecular complexity index is 541. The lowest BCUT2D eigenvalue weighted by Crippen LogP contribution is -2.50. The van der Waals surface area contributed by atoms with Crippen LogP contribution >= 0.6 is 0 Å². The molecule has 0 amide bonds. The average Bonchev–Trinajstić information content (AvgIpc) is 2.83. The van der Waals surface area contributed by atoms with Crippen molar-refractivity contribution >= 4 is 0 Å². The molecule has 0 radical (unpaired) electrons. The van der Waals surface area contributed by atoms with Gasteiger partial charge in [-0.25, -0.2) is 4.39 Å². The molecule has 4 aliphatic carbocycles. The predicted molar refractivity (Wildman–Crippen MR) is 88.9 cm³/mol. The highest BCUT2D eigenvalue weighted by Crippen LogP contribution is 2.66. The van der Waals surface area contributed by atoms with E-state index in [1.165, 1.54) is 32.1 Å². The minimum Gasteiger partial charge on any atom is -0.243 e. The normalized spacial score (nSPS) is 53.7. The standard InChI is InChI=1S/C21H29F/c1-4-14-7-9-16-15-8-10-18-19(22)6-5-12-21(18,3)17(15)11-13-20(14,16)2/h1,10,14-17,19H,5-9,11-13H2,2-3H3/t14-,15+,16+,17+,19-,20-,21-/m1/s1. The summed E-state index contributed by atoms with van der Waals surface area (Å²) in [5, 5.41) is 0. The van der Waals surface area contributed by atoms with Gasteiger partial charge in [0.15, 0.2) is 0 Å². The molecule has 0 spiro atoms. The molecule has 0 aliphatic heterocycles. The molecule has 0 aromatic carbocycles. The zero-order valence-corrected chi connectivity index (χ0v) is 14.1. The molecule has 4 rings (SSSR count). The van der Waals surface area contributed by atoms with Crippen molar-refractivity contribution in [2.45, 2.75) is 71.4 Å². The molecule has 22 heavy (non-hydrogen) atoms. The van der Waals surface area contributed by atoms with Gasteiger partial charge in [-0.15, -0.1) is 12.3 Å². The van der Waals surface area contributed by atoms with E-state index in [0.29, 0.717) is 17.3 Å². The second-order valence-electron chi connectivity index (χ2n) is 8.89. The highest BCUT2D eigenvalue weighted by atomic mass is 19.1. The van der Waals surface area contributed by atoms with Gasteiger partial charge in [0.2, 0.25) is 0 Å². The summed E-state index contributed by atoms with van der Waals surface area (Å²) in [5.41, 5.74) is 1.65. The van der Waals surface area contributed by atoms with Crippen molar-refractivity contribution in [3.63, 3.8) is 0 Å². The molecule has 7 atom stereocenters. The molecule has 0 saturated heterocycles. The lowest BCUT2D eigenvalue weighted by molar-refractivity contribution is -0.0396. The SMILES string of the molecule is C#C[C@@H]1CC[C@H]2[C@@H]3CC=C4[C@H](F)CCC[C@]4(C)[C@H]3CC[C@]12C. The topological polar surface area (TPSA) is 0 Å². The number of alkyl halides is 1. The van der Waals surface area contributed by atoms with E-state index in [9.17, 15) is 4.39 Å². The fraction of sp³-hybridized carbons (Fsp3) is 0.810. The summed E-state index contributed by atoms with van der Waals surface area (Å²) in [4.78, 5) is 0. The van der Waals surface area contributed by atoms with Gasteiger partial charge in [-0.05, 0) is 85.5 Å². The first kappa shape index (κ1) is 14.8. The highest BCUT2D eigenvalue weighted by molar-refractivity contribution is 5.28. The van der Waals surface area contributed by atoms with Gasteiger partial charge in [-0.1, -0.05) is 19.9 Å². The maximum Gasteiger partial charge on any atom is 0.122 e. The zero-order valence-electron chi connectivity index (χ0n) is 14.1. The molecule has 0 nitrogen and oxygen atoms in total. The average molecular weight is 300 g/mol. The van der Waals surface area contributed by atoms with Crippen molar-refractivity contribution in [2.75, 3.05) is 0 Å². The number of rotatable bonds is 0. The van der Waals surface area contributed by atoms with E-state index < -0.39 is 6.17 Å². The van der Waals surface area contributed by atoms with Crippen molar-refractivity contribution in [2.24, 2.45) is 34.5 Å². The lowest BCUT2D eigenvalue weighted by atomic mass is 9.47. The van der Waals surface area contributed by atoms with Crippen LogP contribution in [-0.2, 0) is 0 Å². The molecule has 0 heterocycles. The predicted octanol–water partition coefficient (Wildman–Crippen LogP) is 5.54. The second kappa shape index (κ2) is 4.86. The third-order valence-corrected chi connectivity index (χ3v) is 8.22. The number of halogens is 1. The molecule has 0 unspecified atom stereocenters. The Labute approximate surface area is 134 Å². The molecule has 4 aliphatic rings. The number of fused-ring (bicyclic) bond motifs is 5. The molecule has 0 N–H and O–H groups in total. The van der Waals surface area contributed by atoms with Crippen LogP contribution in [0.15, 0.2) is 11.6 Å². The first-order chi connectivity index (χ1) is 10.5. The smallest absolute Gasteiger partial charge is 0.122 e. The first-order valence-corrected chi connectivity index (χ1v) is 9.31. The minimum absolute atomic E-state index is 0.135. The summed E-state index contributed by atoms with van der Waals surface area (Å²) in [7, 11) is 0. The summed E-state index contributed by atoms with van der Waals surface area (Å²) < 4.78 is 14.5. The van der Waals surface area contributed by atoms with Gasteiger partial charge in [0.25, 0.3) is 0 Å². The Morgan fingerprint density at radius 1 is 1.14 bits per heavy atom. The van der Waals surface area contributed by atoms with Gasteiger partial charge in [0.05, 0.1) is 0 Å². The fourth-order valence-corrected chi connectivity index (χ4v) is 7.01. The van der Waals surface area contributed by atoms with Gasteiger partial charge < -0.3 is 0 Å². The van der Waals surface area contributed by atoms with Crippen LogP contribution in [0.3, 0.4) is 0 Å². The summed E-state index contributed by atoms with van der Waals surface area (Å²) >= 11 is 0. The number of terminal acetylenes is 1. The maximum absolute atomic E-state index is 14.5. The highest BCUT2D eigenvalue weighted by Gasteiger charge is 2.58. The summed E-state index contributed by atoms with van der Waals surface area (Å²) in [6.45, 7) is 4.82. The van der Waals surface area contributed by atoms with E-state index in [4.69, 9.17) is 6.42 Å². The van der Waals surface area contributed by atoms with Crippen LogP contribution in [-0.4, -0.2) is 6.17 Å². The summed E-state index contributed by atoms with van der Waals surface area (Å²) in [6.07, 6.45) is 16.6. The molecule has 1 heteroatoms. The Balaban J connectivity index is 1.70. The van der Waals surface area contributed by atoms with E-state index in [-0.39, 0.29) is 5.41 Å². The van der Waals surface area contributed by atoms with Gasteiger partial charge in [0, 0.05) is 5.92 Å². The molecular formula is C21H29F. The molecule has 3 saturated carbocycles. The van der Waals surface area contributed by atoms with Crippen LogP contribution < -0.4 is 0 Å². The quantitative estimate of drug-likeness (QED) is 0.407. The number of allylic oxidation sites excluding steroid dienone is 2. The van der Waals surface area contributed by atoms with Gasteiger partial charge in [0.1, 0.15) is 6.17 Å². The zero-order chi connectivity index (χ0) is 15.5.